The Labute approximate surface area is 231 Å². The van der Waals surface area contributed by atoms with E-state index in [2.05, 4.69) is 29.8 Å². The zero-order chi connectivity index (χ0) is 28.5. The third kappa shape index (κ3) is 10.2. The molecule has 10 heteroatoms. The molecule has 0 saturated carbocycles. The lowest BCUT2D eigenvalue weighted by molar-refractivity contribution is -0.137. The molecule has 0 bridgehead atoms. The number of benzene rings is 1. The van der Waals surface area contributed by atoms with Gasteiger partial charge in [0.25, 0.3) is 0 Å². The maximum atomic E-state index is 13.2. The zero-order valence-corrected chi connectivity index (χ0v) is 24.6. The minimum Gasteiger partial charge on any atom is -0.444 e. The quantitative estimate of drug-likeness (QED) is 0.405. The van der Waals surface area contributed by atoms with Crippen molar-refractivity contribution in [2.75, 3.05) is 30.4 Å². The molecule has 1 aliphatic rings. The van der Waals surface area contributed by atoms with Crippen LogP contribution in [0, 0.1) is 5.92 Å². The number of amides is 4. The Bertz CT molecular complexity index is 953. The van der Waals surface area contributed by atoms with Crippen LogP contribution in [0.15, 0.2) is 24.3 Å². The second kappa shape index (κ2) is 14.4. The maximum absolute atomic E-state index is 13.2. The summed E-state index contributed by atoms with van der Waals surface area (Å²) in [6.45, 7) is 12.0. The molecule has 1 saturated heterocycles. The Morgan fingerprint density at radius 1 is 1.03 bits per heavy atom. The second-order valence-electron chi connectivity index (χ2n) is 11.1. The number of rotatable bonds is 10. The van der Waals surface area contributed by atoms with E-state index in [9.17, 15) is 19.2 Å². The molecule has 1 aromatic carbocycles. The van der Waals surface area contributed by atoms with E-state index >= 15 is 0 Å². The lowest BCUT2D eigenvalue weighted by Crippen LogP contribution is -2.53. The van der Waals surface area contributed by atoms with Crippen LogP contribution in [0.4, 0.5) is 10.5 Å². The van der Waals surface area contributed by atoms with Gasteiger partial charge < -0.3 is 25.6 Å². The van der Waals surface area contributed by atoms with Crippen LogP contribution in [0.5, 0.6) is 0 Å². The number of nitrogens with zero attached hydrogens (tertiary/aromatic N) is 1. The Morgan fingerprint density at radius 2 is 1.63 bits per heavy atom. The third-order valence-electron chi connectivity index (χ3n) is 6.37. The smallest absolute Gasteiger partial charge is 0.408 e. The molecule has 0 aliphatic carbocycles. The maximum Gasteiger partial charge on any atom is 0.408 e. The molecule has 38 heavy (non-hydrogen) atoms. The molecule has 1 fully saturated rings. The highest BCUT2D eigenvalue weighted by Gasteiger charge is 2.33. The molecule has 0 radical (unpaired) electrons. The van der Waals surface area contributed by atoms with E-state index in [0.29, 0.717) is 49.7 Å². The molecule has 9 nitrogen and oxygen atoms in total. The van der Waals surface area contributed by atoms with Crippen molar-refractivity contribution in [2.45, 2.75) is 84.4 Å². The van der Waals surface area contributed by atoms with Gasteiger partial charge in [-0.05, 0) is 82.6 Å². The molecule has 0 aromatic heterocycles. The number of hydrogen-bond acceptors (Lipinski definition) is 6. The number of alkyl carbamates (subject to hydrolysis) is 1. The summed E-state index contributed by atoms with van der Waals surface area (Å²) in [4.78, 5) is 52.6. The van der Waals surface area contributed by atoms with Gasteiger partial charge in [-0.1, -0.05) is 26.0 Å². The van der Waals surface area contributed by atoms with E-state index in [4.69, 9.17) is 4.74 Å². The highest BCUT2D eigenvalue weighted by Crippen LogP contribution is 2.20. The van der Waals surface area contributed by atoms with E-state index in [1.807, 2.05) is 30.5 Å². The van der Waals surface area contributed by atoms with Crippen molar-refractivity contribution in [1.29, 1.82) is 0 Å². The Balaban J connectivity index is 1.86. The van der Waals surface area contributed by atoms with Crippen molar-refractivity contribution >= 4 is 41.3 Å². The average molecular weight is 549 g/mol. The van der Waals surface area contributed by atoms with Crippen LogP contribution in [0.2, 0.25) is 0 Å². The molecule has 212 valence electrons. The first-order valence-electron chi connectivity index (χ1n) is 13.3. The van der Waals surface area contributed by atoms with Gasteiger partial charge in [-0.25, -0.2) is 4.79 Å². The monoisotopic (exact) mass is 548 g/mol. The van der Waals surface area contributed by atoms with E-state index < -0.39 is 23.8 Å². The van der Waals surface area contributed by atoms with Gasteiger partial charge in [0.15, 0.2) is 0 Å². The van der Waals surface area contributed by atoms with Crippen molar-refractivity contribution in [1.82, 2.24) is 15.5 Å². The largest absolute Gasteiger partial charge is 0.444 e. The van der Waals surface area contributed by atoms with E-state index in [0.717, 1.165) is 0 Å². The number of hydrogen-bond donors (Lipinski definition) is 3. The molecular weight excluding hydrogens is 504 g/mol. The first-order valence-corrected chi connectivity index (χ1v) is 14.7. The van der Waals surface area contributed by atoms with Crippen molar-refractivity contribution in [2.24, 2.45) is 5.92 Å². The lowest BCUT2D eigenvalue weighted by atomic mass is 9.95. The van der Waals surface area contributed by atoms with Gasteiger partial charge in [-0.3, -0.25) is 14.4 Å². The number of likely N-dealkylation sites (tertiary alicyclic amines) is 1. The van der Waals surface area contributed by atoms with E-state index in [-0.39, 0.29) is 23.6 Å². The molecule has 1 heterocycles. The fraction of sp³-hybridized carbons (Fsp3) is 0.643. The Hall–Kier alpha value is -2.75. The van der Waals surface area contributed by atoms with E-state index in [1.165, 1.54) is 5.56 Å². The normalized spacial score (nSPS) is 15.9. The van der Waals surface area contributed by atoms with Crippen LogP contribution in [0.3, 0.4) is 0 Å². The van der Waals surface area contributed by atoms with Crippen LogP contribution in [-0.2, 0) is 19.1 Å². The number of carbonyl (C=O) groups excluding carboxylic acids is 4. The molecule has 0 spiro atoms. The van der Waals surface area contributed by atoms with Crippen molar-refractivity contribution in [3.8, 4) is 0 Å². The predicted octanol–water partition coefficient (Wildman–Crippen LogP) is 4.14. The van der Waals surface area contributed by atoms with Crippen LogP contribution in [0.25, 0.3) is 0 Å². The van der Waals surface area contributed by atoms with Gasteiger partial charge in [-0.2, -0.15) is 11.8 Å². The van der Waals surface area contributed by atoms with Crippen molar-refractivity contribution in [3.63, 3.8) is 0 Å². The zero-order valence-electron chi connectivity index (χ0n) is 23.8. The van der Waals surface area contributed by atoms with Crippen LogP contribution in [-0.4, -0.2) is 71.5 Å². The predicted molar refractivity (Wildman–Crippen MR) is 152 cm³/mol. The highest BCUT2D eigenvalue weighted by atomic mass is 32.2. The molecule has 2 rings (SSSR count). The fourth-order valence-electron chi connectivity index (χ4n) is 4.12. The number of ether oxygens (including phenoxy) is 1. The van der Waals surface area contributed by atoms with Gasteiger partial charge in [0.2, 0.25) is 17.7 Å². The number of piperidine rings is 1. The SMILES string of the molecule is CSCC[C@H](NC(=O)OC(C)(C)C)C(=O)N1CCC(C(=O)N[C@@H](C)C(=O)Nc2ccc(C(C)C)cc2)CC1. The summed E-state index contributed by atoms with van der Waals surface area (Å²) in [5.41, 5.74) is 1.21. The lowest BCUT2D eigenvalue weighted by Gasteiger charge is -2.34. The molecule has 0 unspecified atom stereocenters. The summed E-state index contributed by atoms with van der Waals surface area (Å²) in [7, 11) is 0. The number of carbonyl (C=O) groups is 4. The average Bonchev–Trinajstić information content (AvgIpc) is 2.85. The molecule has 4 amide bonds. The van der Waals surface area contributed by atoms with Crippen molar-refractivity contribution in [3.05, 3.63) is 29.8 Å². The topological polar surface area (TPSA) is 117 Å². The van der Waals surface area contributed by atoms with Crippen LogP contribution >= 0.6 is 11.8 Å². The Kier molecular flexibility index (Phi) is 11.9. The minimum absolute atomic E-state index is 0.167. The minimum atomic E-state index is -0.694. The summed E-state index contributed by atoms with van der Waals surface area (Å²) in [6.07, 6.45) is 2.80. The standard InChI is InChI=1S/C28H44N4O5S/c1-18(2)20-8-10-22(11-9-20)30-24(33)19(3)29-25(34)21-12-15-32(16-13-21)26(35)23(14-17-38-7)31-27(36)37-28(4,5)6/h8-11,18-19,21,23H,12-17H2,1-7H3,(H,29,34)(H,30,33)(H,31,36)/t19-,23-/m0/s1. The fourth-order valence-corrected chi connectivity index (χ4v) is 4.60. The number of nitrogens with one attached hydrogen (secondary N) is 3. The third-order valence-corrected chi connectivity index (χ3v) is 7.02. The molecule has 1 aromatic rings. The molecule has 3 N–H and O–H groups in total. The Morgan fingerprint density at radius 3 is 2.16 bits per heavy atom. The van der Waals surface area contributed by atoms with Crippen LogP contribution < -0.4 is 16.0 Å². The summed E-state index contributed by atoms with van der Waals surface area (Å²) < 4.78 is 5.33. The van der Waals surface area contributed by atoms with Crippen molar-refractivity contribution < 1.29 is 23.9 Å². The van der Waals surface area contributed by atoms with Gasteiger partial charge in [0.1, 0.15) is 17.7 Å². The van der Waals surface area contributed by atoms with Gasteiger partial charge >= 0.3 is 6.09 Å². The van der Waals surface area contributed by atoms with Gasteiger partial charge in [-0.15, -0.1) is 0 Å². The molecular formula is C28H44N4O5S. The summed E-state index contributed by atoms with van der Waals surface area (Å²) >= 11 is 1.60. The molecule has 2 atom stereocenters. The summed E-state index contributed by atoms with van der Waals surface area (Å²) in [5.74, 6) is 0.187. The highest BCUT2D eigenvalue weighted by molar-refractivity contribution is 7.98. The van der Waals surface area contributed by atoms with Gasteiger partial charge in [0, 0.05) is 24.7 Å². The van der Waals surface area contributed by atoms with E-state index in [1.54, 1.807) is 44.4 Å². The number of thioether (sulfide) groups is 1. The summed E-state index contributed by atoms with van der Waals surface area (Å²) in [6, 6.07) is 6.31. The number of anilines is 1. The second-order valence-corrected chi connectivity index (χ2v) is 12.1. The summed E-state index contributed by atoms with van der Waals surface area (Å²) in [5, 5.41) is 8.37. The van der Waals surface area contributed by atoms with Gasteiger partial charge in [0.05, 0.1) is 0 Å². The van der Waals surface area contributed by atoms with Crippen LogP contribution in [0.1, 0.15) is 72.3 Å². The first kappa shape index (κ1) is 31.5. The molecule has 1 aliphatic heterocycles. The first-order chi connectivity index (χ1) is 17.8.